The van der Waals surface area contributed by atoms with Gasteiger partial charge in [0.2, 0.25) is 0 Å². The van der Waals surface area contributed by atoms with Gasteiger partial charge in [0.25, 0.3) is 0 Å². The van der Waals surface area contributed by atoms with Crippen LogP contribution in [0.1, 0.15) is 38.8 Å². The van der Waals surface area contributed by atoms with Gasteiger partial charge in [-0.2, -0.15) is 0 Å². The minimum absolute atomic E-state index is 0.401. The van der Waals surface area contributed by atoms with Gasteiger partial charge in [-0.15, -0.1) is 0 Å². The van der Waals surface area contributed by atoms with Crippen LogP contribution >= 0.6 is 0 Å². The van der Waals surface area contributed by atoms with Crippen LogP contribution in [0.2, 0.25) is 0 Å². The SMILES string of the molecule is C=COC(C)(C)c1cccc(C(C)(C)OC=C)c1. The van der Waals surface area contributed by atoms with Crippen molar-refractivity contribution < 1.29 is 9.47 Å². The van der Waals surface area contributed by atoms with Crippen molar-refractivity contribution in [2.24, 2.45) is 0 Å². The molecule has 98 valence electrons. The normalized spacial score (nSPS) is 11.8. The van der Waals surface area contributed by atoms with Crippen LogP contribution in [-0.4, -0.2) is 0 Å². The van der Waals surface area contributed by atoms with E-state index in [1.165, 1.54) is 12.5 Å². The molecule has 0 fully saturated rings. The molecule has 1 aromatic carbocycles. The molecule has 0 spiro atoms. The fourth-order valence-electron chi connectivity index (χ4n) is 1.82. The average molecular weight is 246 g/mol. The second-order valence-electron chi connectivity index (χ2n) is 5.17. The van der Waals surface area contributed by atoms with Gasteiger partial charge in [-0.1, -0.05) is 31.4 Å². The fourth-order valence-corrected chi connectivity index (χ4v) is 1.82. The summed E-state index contributed by atoms with van der Waals surface area (Å²) >= 11 is 0. The predicted molar refractivity (Wildman–Crippen MR) is 75.1 cm³/mol. The Kier molecular flexibility index (Phi) is 4.23. The molecule has 0 aliphatic rings. The maximum atomic E-state index is 5.55. The van der Waals surface area contributed by atoms with Gasteiger partial charge in [0.05, 0.1) is 12.5 Å². The summed E-state index contributed by atoms with van der Waals surface area (Å²) < 4.78 is 11.1. The first kappa shape index (κ1) is 14.4. The predicted octanol–water partition coefficient (Wildman–Crippen LogP) is 4.48. The van der Waals surface area contributed by atoms with E-state index in [0.29, 0.717) is 0 Å². The van der Waals surface area contributed by atoms with Crippen molar-refractivity contribution in [1.29, 1.82) is 0 Å². The zero-order valence-electron chi connectivity index (χ0n) is 11.7. The van der Waals surface area contributed by atoms with Gasteiger partial charge in [-0.05, 0) is 44.9 Å². The maximum absolute atomic E-state index is 5.55. The van der Waals surface area contributed by atoms with E-state index in [1.807, 2.05) is 45.9 Å². The molecule has 0 aliphatic carbocycles. The smallest absolute Gasteiger partial charge is 0.127 e. The van der Waals surface area contributed by atoms with Gasteiger partial charge >= 0.3 is 0 Å². The highest BCUT2D eigenvalue weighted by Gasteiger charge is 2.25. The topological polar surface area (TPSA) is 18.5 Å². The van der Waals surface area contributed by atoms with Crippen LogP contribution in [0.4, 0.5) is 0 Å². The third kappa shape index (κ3) is 3.16. The Morgan fingerprint density at radius 2 is 1.28 bits per heavy atom. The van der Waals surface area contributed by atoms with Crippen molar-refractivity contribution in [3.05, 3.63) is 61.1 Å². The van der Waals surface area contributed by atoms with Crippen LogP contribution in [-0.2, 0) is 20.7 Å². The molecule has 1 rings (SSSR count). The van der Waals surface area contributed by atoms with Crippen LogP contribution in [0.15, 0.2) is 49.9 Å². The second kappa shape index (κ2) is 5.30. The molecule has 0 unspecified atom stereocenters. The van der Waals surface area contributed by atoms with Gasteiger partial charge in [0.15, 0.2) is 0 Å². The van der Waals surface area contributed by atoms with Gasteiger partial charge in [0, 0.05) is 0 Å². The maximum Gasteiger partial charge on any atom is 0.127 e. The van der Waals surface area contributed by atoms with E-state index >= 15 is 0 Å². The van der Waals surface area contributed by atoms with Crippen molar-refractivity contribution in [3.63, 3.8) is 0 Å². The minimum Gasteiger partial charge on any atom is -0.491 e. The third-order valence-corrected chi connectivity index (χ3v) is 3.01. The van der Waals surface area contributed by atoms with E-state index in [4.69, 9.17) is 9.47 Å². The van der Waals surface area contributed by atoms with E-state index in [0.717, 1.165) is 11.1 Å². The Labute approximate surface area is 110 Å². The Morgan fingerprint density at radius 1 is 0.889 bits per heavy atom. The first-order valence-electron chi connectivity index (χ1n) is 6.02. The highest BCUT2D eigenvalue weighted by molar-refractivity contribution is 5.31. The molecule has 0 amide bonds. The molecule has 2 heteroatoms. The molecular formula is C16H22O2. The van der Waals surface area contributed by atoms with E-state index in [9.17, 15) is 0 Å². The number of benzene rings is 1. The van der Waals surface area contributed by atoms with Gasteiger partial charge < -0.3 is 9.47 Å². The summed E-state index contributed by atoms with van der Waals surface area (Å²) in [4.78, 5) is 0. The molecule has 0 saturated heterocycles. The zero-order valence-corrected chi connectivity index (χ0v) is 11.7. The van der Waals surface area contributed by atoms with Crippen molar-refractivity contribution in [3.8, 4) is 0 Å². The second-order valence-corrected chi connectivity index (χ2v) is 5.17. The molecule has 0 bridgehead atoms. The molecule has 0 heterocycles. The van der Waals surface area contributed by atoms with Crippen LogP contribution in [0.25, 0.3) is 0 Å². The van der Waals surface area contributed by atoms with Gasteiger partial charge in [-0.25, -0.2) is 0 Å². The summed E-state index contributed by atoms with van der Waals surface area (Å²) in [5.41, 5.74) is 1.37. The summed E-state index contributed by atoms with van der Waals surface area (Å²) in [5.74, 6) is 0. The van der Waals surface area contributed by atoms with Crippen molar-refractivity contribution in [2.45, 2.75) is 38.9 Å². The summed E-state index contributed by atoms with van der Waals surface area (Å²) in [6, 6.07) is 8.17. The lowest BCUT2D eigenvalue weighted by molar-refractivity contribution is 0.0496. The minimum atomic E-state index is -0.401. The molecular weight excluding hydrogens is 224 g/mol. The average Bonchev–Trinajstić information content (AvgIpc) is 2.29. The number of ether oxygens (including phenoxy) is 2. The van der Waals surface area contributed by atoms with E-state index in [2.05, 4.69) is 19.2 Å². The van der Waals surface area contributed by atoms with E-state index < -0.39 is 11.2 Å². The Balaban J connectivity index is 3.13. The first-order chi connectivity index (χ1) is 8.33. The van der Waals surface area contributed by atoms with Crippen LogP contribution < -0.4 is 0 Å². The number of hydrogen-bond acceptors (Lipinski definition) is 2. The first-order valence-corrected chi connectivity index (χ1v) is 6.02. The molecule has 0 saturated carbocycles. The fraction of sp³-hybridized carbons (Fsp3) is 0.375. The highest BCUT2D eigenvalue weighted by atomic mass is 16.5. The van der Waals surface area contributed by atoms with Crippen molar-refractivity contribution in [1.82, 2.24) is 0 Å². The zero-order chi connectivity index (χ0) is 13.8. The lowest BCUT2D eigenvalue weighted by atomic mass is 9.91. The van der Waals surface area contributed by atoms with Crippen LogP contribution in [0.5, 0.6) is 0 Å². The number of rotatable bonds is 6. The lowest BCUT2D eigenvalue weighted by Crippen LogP contribution is -2.22. The summed E-state index contributed by atoms with van der Waals surface area (Å²) in [5, 5.41) is 0. The summed E-state index contributed by atoms with van der Waals surface area (Å²) in [7, 11) is 0. The molecule has 0 N–H and O–H groups in total. The quantitative estimate of drug-likeness (QED) is 0.689. The Bertz CT molecular complexity index is 393. The standard InChI is InChI=1S/C16H22O2/c1-7-17-15(3,4)13-10-9-11-14(12-13)16(5,6)18-8-2/h7-12H,1-2H2,3-6H3. The highest BCUT2D eigenvalue weighted by Crippen LogP contribution is 2.30. The third-order valence-electron chi connectivity index (χ3n) is 3.01. The Hall–Kier alpha value is -1.70. The monoisotopic (exact) mass is 246 g/mol. The largest absolute Gasteiger partial charge is 0.491 e. The molecule has 2 nitrogen and oxygen atoms in total. The molecule has 0 radical (unpaired) electrons. The lowest BCUT2D eigenvalue weighted by Gasteiger charge is -2.29. The van der Waals surface area contributed by atoms with E-state index in [-0.39, 0.29) is 0 Å². The molecule has 18 heavy (non-hydrogen) atoms. The summed E-state index contributed by atoms with van der Waals surface area (Å²) in [6.07, 6.45) is 2.94. The van der Waals surface area contributed by atoms with E-state index in [1.54, 1.807) is 0 Å². The summed E-state index contributed by atoms with van der Waals surface area (Å²) in [6.45, 7) is 15.3. The number of hydrogen-bond donors (Lipinski definition) is 0. The van der Waals surface area contributed by atoms with Crippen molar-refractivity contribution in [2.75, 3.05) is 0 Å². The van der Waals surface area contributed by atoms with Crippen LogP contribution in [0, 0.1) is 0 Å². The van der Waals surface area contributed by atoms with Crippen molar-refractivity contribution >= 4 is 0 Å². The molecule has 0 aliphatic heterocycles. The van der Waals surface area contributed by atoms with Gasteiger partial charge in [0.1, 0.15) is 11.2 Å². The molecule has 0 aromatic heterocycles. The molecule has 0 atom stereocenters. The molecule has 1 aromatic rings. The van der Waals surface area contributed by atoms with Crippen LogP contribution in [0.3, 0.4) is 0 Å². The Morgan fingerprint density at radius 3 is 1.61 bits per heavy atom. The van der Waals surface area contributed by atoms with Gasteiger partial charge in [-0.3, -0.25) is 0 Å².